The molecule has 6 nitrogen and oxygen atoms in total. The number of fused-ring (bicyclic) bond motifs is 1. The van der Waals surface area contributed by atoms with Crippen molar-refractivity contribution in [2.45, 2.75) is 6.61 Å². The molecule has 0 fully saturated rings. The minimum Gasteiger partial charge on any atom is -0.457 e. The van der Waals surface area contributed by atoms with Gasteiger partial charge < -0.3 is 19.1 Å². The lowest BCUT2D eigenvalue weighted by Gasteiger charge is -2.11. The van der Waals surface area contributed by atoms with Gasteiger partial charge in [0.25, 0.3) is 5.91 Å². The molecule has 0 N–H and O–H groups in total. The second-order valence-electron chi connectivity index (χ2n) is 5.54. The van der Waals surface area contributed by atoms with Crippen molar-refractivity contribution >= 4 is 11.9 Å². The zero-order valence-corrected chi connectivity index (χ0v) is 13.4. The number of hydrogen-bond acceptors (Lipinski definition) is 5. The smallest absolute Gasteiger partial charge is 0.338 e. The molecule has 124 valence electrons. The lowest BCUT2D eigenvalue weighted by molar-refractivity contribution is 0.0472. The van der Waals surface area contributed by atoms with E-state index in [0.717, 1.165) is 5.56 Å². The van der Waals surface area contributed by atoms with Crippen LogP contribution < -0.4 is 9.47 Å². The normalized spacial score (nSPS) is 11.9. The van der Waals surface area contributed by atoms with Crippen LogP contribution in [0.2, 0.25) is 0 Å². The minimum absolute atomic E-state index is 0.112. The summed E-state index contributed by atoms with van der Waals surface area (Å²) in [5.41, 5.74) is 1.58. The van der Waals surface area contributed by atoms with E-state index in [-0.39, 0.29) is 19.3 Å². The van der Waals surface area contributed by atoms with E-state index in [1.165, 1.54) is 11.0 Å². The number of rotatable bonds is 4. The number of carbonyl (C=O) groups excluding carboxylic acids is 2. The third kappa shape index (κ3) is 3.32. The molecule has 0 saturated carbocycles. The van der Waals surface area contributed by atoms with Crippen molar-refractivity contribution in [3.8, 4) is 11.5 Å². The van der Waals surface area contributed by atoms with Crippen molar-refractivity contribution in [3.05, 3.63) is 59.2 Å². The third-order valence-electron chi connectivity index (χ3n) is 3.56. The van der Waals surface area contributed by atoms with Crippen LogP contribution in [0.25, 0.3) is 0 Å². The molecule has 0 spiro atoms. The van der Waals surface area contributed by atoms with Gasteiger partial charge in [0.05, 0.1) is 5.56 Å². The van der Waals surface area contributed by atoms with Crippen molar-refractivity contribution in [2.24, 2.45) is 0 Å². The molecule has 2 aromatic carbocycles. The highest BCUT2D eigenvalue weighted by molar-refractivity contribution is 5.97. The molecule has 0 atom stereocenters. The SMILES string of the molecule is CN(C)C(=O)c1cccc(C(=O)OCc2ccc3c(c2)OCO3)c1. The number of hydrogen-bond donors (Lipinski definition) is 0. The van der Waals surface area contributed by atoms with Gasteiger partial charge in [0.15, 0.2) is 11.5 Å². The fourth-order valence-corrected chi connectivity index (χ4v) is 2.30. The van der Waals surface area contributed by atoms with Crippen LogP contribution in [0.5, 0.6) is 11.5 Å². The summed E-state index contributed by atoms with van der Waals surface area (Å²) in [4.78, 5) is 25.6. The zero-order chi connectivity index (χ0) is 17.1. The summed E-state index contributed by atoms with van der Waals surface area (Å²) in [5.74, 6) is 0.670. The molecular weight excluding hydrogens is 310 g/mol. The van der Waals surface area contributed by atoms with Gasteiger partial charge in [-0.05, 0) is 35.9 Å². The fraction of sp³-hybridized carbons (Fsp3) is 0.222. The van der Waals surface area contributed by atoms with Crippen LogP contribution in [-0.2, 0) is 11.3 Å². The average Bonchev–Trinajstić information content (AvgIpc) is 3.06. The number of nitrogens with zero attached hydrogens (tertiary/aromatic N) is 1. The van der Waals surface area contributed by atoms with Gasteiger partial charge in [0.2, 0.25) is 6.79 Å². The maximum absolute atomic E-state index is 12.2. The van der Waals surface area contributed by atoms with Crippen LogP contribution in [0.3, 0.4) is 0 Å². The summed E-state index contributed by atoms with van der Waals surface area (Å²) in [6, 6.07) is 11.8. The van der Waals surface area contributed by atoms with Crippen molar-refractivity contribution in [1.82, 2.24) is 4.90 Å². The highest BCUT2D eigenvalue weighted by Crippen LogP contribution is 2.32. The summed E-state index contributed by atoms with van der Waals surface area (Å²) < 4.78 is 15.8. The summed E-state index contributed by atoms with van der Waals surface area (Å²) in [6.45, 7) is 0.312. The van der Waals surface area contributed by atoms with Crippen LogP contribution in [0.1, 0.15) is 26.3 Å². The first kappa shape index (κ1) is 15.9. The van der Waals surface area contributed by atoms with Gasteiger partial charge in [0.1, 0.15) is 6.61 Å². The van der Waals surface area contributed by atoms with E-state index >= 15 is 0 Å². The summed E-state index contributed by atoms with van der Waals surface area (Å²) >= 11 is 0. The maximum Gasteiger partial charge on any atom is 0.338 e. The fourth-order valence-electron chi connectivity index (χ4n) is 2.30. The summed E-state index contributed by atoms with van der Waals surface area (Å²) in [5, 5.41) is 0. The van der Waals surface area contributed by atoms with Crippen LogP contribution in [-0.4, -0.2) is 37.7 Å². The molecule has 0 unspecified atom stereocenters. The molecule has 2 aromatic rings. The Labute approximate surface area is 139 Å². The molecular formula is C18H17NO5. The van der Waals surface area contributed by atoms with Crippen LogP contribution in [0.15, 0.2) is 42.5 Å². The summed E-state index contributed by atoms with van der Waals surface area (Å²) in [6.07, 6.45) is 0. The molecule has 0 aromatic heterocycles. The molecule has 3 rings (SSSR count). The first-order valence-corrected chi connectivity index (χ1v) is 7.42. The lowest BCUT2D eigenvalue weighted by atomic mass is 10.1. The first-order chi connectivity index (χ1) is 11.5. The topological polar surface area (TPSA) is 65.1 Å². The second-order valence-corrected chi connectivity index (χ2v) is 5.54. The Morgan fingerprint density at radius 2 is 1.79 bits per heavy atom. The van der Waals surface area contributed by atoms with E-state index in [1.807, 2.05) is 6.07 Å². The molecule has 1 heterocycles. The summed E-state index contributed by atoms with van der Waals surface area (Å²) in [7, 11) is 3.32. The van der Waals surface area contributed by atoms with Crippen molar-refractivity contribution < 1.29 is 23.8 Å². The Bertz CT molecular complexity index is 785. The Kier molecular flexibility index (Phi) is 4.37. The quantitative estimate of drug-likeness (QED) is 0.807. The number of ether oxygens (including phenoxy) is 3. The van der Waals surface area contributed by atoms with Gasteiger partial charge in [0, 0.05) is 19.7 Å². The van der Waals surface area contributed by atoms with E-state index < -0.39 is 5.97 Å². The predicted molar refractivity (Wildman–Crippen MR) is 86.1 cm³/mol. The van der Waals surface area contributed by atoms with E-state index in [0.29, 0.717) is 22.6 Å². The van der Waals surface area contributed by atoms with Gasteiger partial charge in [-0.25, -0.2) is 4.79 Å². The van der Waals surface area contributed by atoms with Gasteiger partial charge >= 0.3 is 5.97 Å². The van der Waals surface area contributed by atoms with Gasteiger partial charge in [-0.3, -0.25) is 4.79 Å². The Morgan fingerprint density at radius 1 is 1.04 bits per heavy atom. The molecule has 6 heteroatoms. The highest BCUT2D eigenvalue weighted by atomic mass is 16.7. The standard InChI is InChI=1S/C18H17NO5/c1-19(2)17(20)13-4-3-5-14(9-13)18(21)22-10-12-6-7-15-16(8-12)24-11-23-15/h3-9H,10-11H2,1-2H3. The van der Waals surface area contributed by atoms with Crippen molar-refractivity contribution in [1.29, 1.82) is 0 Å². The molecule has 1 amide bonds. The van der Waals surface area contributed by atoms with E-state index in [1.54, 1.807) is 44.4 Å². The van der Waals surface area contributed by atoms with Crippen molar-refractivity contribution in [3.63, 3.8) is 0 Å². The number of esters is 1. The highest BCUT2D eigenvalue weighted by Gasteiger charge is 2.15. The Balaban J connectivity index is 1.67. The Hall–Kier alpha value is -3.02. The molecule has 24 heavy (non-hydrogen) atoms. The molecule has 0 aliphatic carbocycles. The monoisotopic (exact) mass is 327 g/mol. The van der Waals surface area contributed by atoms with Crippen LogP contribution in [0.4, 0.5) is 0 Å². The Morgan fingerprint density at radius 3 is 2.58 bits per heavy atom. The molecule has 0 saturated heterocycles. The zero-order valence-electron chi connectivity index (χ0n) is 13.4. The maximum atomic E-state index is 12.2. The van der Waals surface area contributed by atoms with Crippen molar-refractivity contribution in [2.75, 3.05) is 20.9 Å². The lowest BCUT2D eigenvalue weighted by Crippen LogP contribution is -2.22. The molecule has 0 bridgehead atoms. The molecule has 0 radical (unpaired) electrons. The van der Waals surface area contributed by atoms with Crippen LogP contribution in [0, 0.1) is 0 Å². The largest absolute Gasteiger partial charge is 0.457 e. The van der Waals surface area contributed by atoms with Gasteiger partial charge in [-0.2, -0.15) is 0 Å². The van der Waals surface area contributed by atoms with Gasteiger partial charge in [-0.1, -0.05) is 12.1 Å². The van der Waals surface area contributed by atoms with E-state index in [9.17, 15) is 9.59 Å². The minimum atomic E-state index is -0.485. The number of benzene rings is 2. The van der Waals surface area contributed by atoms with E-state index in [4.69, 9.17) is 14.2 Å². The molecule has 1 aliphatic rings. The number of amides is 1. The van der Waals surface area contributed by atoms with E-state index in [2.05, 4.69) is 0 Å². The molecule has 1 aliphatic heterocycles. The third-order valence-corrected chi connectivity index (χ3v) is 3.56. The number of carbonyl (C=O) groups is 2. The average molecular weight is 327 g/mol. The first-order valence-electron chi connectivity index (χ1n) is 7.42. The van der Waals surface area contributed by atoms with Crippen LogP contribution >= 0.6 is 0 Å². The second kappa shape index (κ2) is 6.62. The van der Waals surface area contributed by atoms with Gasteiger partial charge in [-0.15, -0.1) is 0 Å². The predicted octanol–water partition coefficient (Wildman–Crippen LogP) is 2.47.